The maximum absolute atomic E-state index is 12.8. The number of aromatic nitrogens is 1. The first-order valence-electron chi connectivity index (χ1n) is 11.3. The second kappa shape index (κ2) is 9.36. The van der Waals surface area contributed by atoms with Crippen LogP contribution in [0.1, 0.15) is 25.0 Å². The van der Waals surface area contributed by atoms with Crippen LogP contribution in [-0.4, -0.2) is 38.1 Å². The molecule has 9 heteroatoms. The van der Waals surface area contributed by atoms with Crippen molar-refractivity contribution in [3.63, 3.8) is 0 Å². The summed E-state index contributed by atoms with van der Waals surface area (Å²) in [5, 5.41) is 17.6. The number of para-hydroxylation sites is 1. The number of aryl methyl sites for hydroxylation is 1. The fourth-order valence-electron chi connectivity index (χ4n) is 3.94. The van der Waals surface area contributed by atoms with Crippen molar-refractivity contribution >= 4 is 62.3 Å². The van der Waals surface area contributed by atoms with Gasteiger partial charge in [0.15, 0.2) is 5.84 Å². The number of thioether (sulfide) groups is 1. The molecule has 0 unspecified atom stereocenters. The van der Waals surface area contributed by atoms with Crippen molar-refractivity contribution < 1.29 is 9.53 Å². The quantitative estimate of drug-likeness (QED) is 0.419. The molecule has 7 nitrogen and oxygen atoms in total. The topological polar surface area (TPSA) is 83.0 Å². The summed E-state index contributed by atoms with van der Waals surface area (Å²) in [5.74, 6) is 0.583. The molecule has 2 aliphatic heterocycles. The number of benzene rings is 2. The highest BCUT2D eigenvalue weighted by Crippen LogP contribution is 2.32. The molecule has 3 aromatic rings. The van der Waals surface area contributed by atoms with E-state index in [1.54, 1.807) is 6.08 Å². The van der Waals surface area contributed by atoms with Gasteiger partial charge in [-0.3, -0.25) is 10.2 Å². The minimum atomic E-state index is -0.424. The van der Waals surface area contributed by atoms with Gasteiger partial charge < -0.3 is 9.30 Å². The highest BCUT2D eigenvalue weighted by molar-refractivity contribution is 8.27. The summed E-state index contributed by atoms with van der Waals surface area (Å²) in [5.41, 5.74) is 3.05. The van der Waals surface area contributed by atoms with Crippen molar-refractivity contribution in [2.24, 2.45) is 16.0 Å². The number of hydrazone groups is 1. The molecule has 178 valence electrons. The summed E-state index contributed by atoms with van der Waals surface area (Å²) >= 11 is 7.45. The van der Waals surface area contributed by atoms with Gasteiger partial charge in [0, 0.05) is 33.6 Å². The number of fused-ring (bicyclic) bond motifs is 2. The van der Waals surface area contributed by atoms with Crippen LogP contribution in [0.5, 0.6) is 5.75 Å². The highest BCUT2D eigenvalue weighted by Gasteiger charge is 2.36. The van der Waals surface area contributed by atoms with Crippen LogP contribution >= 0.6 is 23.4 Å². The average Bonchev–Trinajstić information content (AvgIpc) is 3.41. The van der Waals surface area contributed by atoms with Gasteiger partial charge in [0.1, 0.15) is 17.4 Å². The summed E-state index contributed by atoms with van der Waals surface area (Å²) in [4.78, 5) is 17.0. The predicted molar refractivity (Wildman–Crippen MR) is 143 cm³/mol. The van der Waals surface area contributed by atoms with Gasteiger partial charge in [0.25, 0.3) is 5.91 Å². The predicted octanol–water partition coefficient (Wildman–Crippen LogP) is 5.96. The van der Waals surface area contributed by atoms with E-state index in [0.29, 0.717) is 23.3 Å². The molecule has 35 heavy (non-hydrogen) atoms. The van der Waals surface area contributed by atoms with Crippen LogP contribution in [0.4, 0.5) is 0 Å². The van der Waals surface area contributed by atoms with Crippen molar-refractivity contribution in [2.75, 3.05) is 6.61 Å². The van der Waals surface area contributed by atoms with Crippen LogP contribution in [0.3, 0.4) is 0 Å². The Morgan fingerprint density at radius 3 is 2.80 bits per heavy atom. The van der Waals surface area contributed by atoms with E-state index in [4.69, 9.17) is 21.7 Å². The summed E-state index contributed by atoms with van der Waals surface area (Å²) in [6, 6.07) is 13.6. The van der Waals surface area contributed by atoms with E-state index in [2.05, 4.69) is 14.7 Å². The molecule has 2 aromatic carbocycles. The molecule has 0 saturated carbocycles. The Bertz CT molecular complexity index is 1450. The Hall–Kier alpha value is -3.36. The summed E-state index contributed by atoms with van der Waals surface area (Å²) in [6.07, 6.45) is 3.72. The van der Waals surface area contributed by atoms with Gasteiger partial charge in [-0.1, -0.05) is 43.6 Å². The lowest BCUT2D eigenvalue weighted by atomic mass is 10.1. The molecular weight excluding hydrogens is 482 g/mol. The highest BCUT2D eigenvalue weighted by atomic mass is 35.5. The molecule has 0 bridgehead atoms. The number of amides is 1. The van der Waals surface area contributed by atoms with Gasteiger partial charge in [-0.05, 0) is 54.6 Å². The zero-order chi connectivity index (χ0) is 24.7. The third-order valence-corrected chi connectivity index (χ3v) is 7.45. The van der Waals surface area contributed by atoms with Gasteiger partial charge in [0.2, 0.25) is 5.17 Å². The Morgan fingerprint density at radius 1 is 1.23 bits per heavy atom. The Labute approximate surface area is 212 Å². The summed E-state index contributed by atoms with van der Waals surface area (Å²) < 4.78 is 8.03. The van der Waals surface area contributed by atoms with Gasteiger partial charge in [-0.25, -0.2) is 0 Å². The number of carbonyl (C=O) groups excluding carboxylic acids is 1. The number of nitrogens with zero attached hydrogens (tertiary/aromatic N) is 4. The van der Waals surface area contributed by atoms with Crippen molar-refractivity contribution in [3.05, 3.63) is 70.4 Å². The molecular formula is C26H24ClN5O2S. The number of hydrogen-bond donors (Lipinski definition) is 1. The monoisotopic (exact) mass is 505 g/mol. The second-order valence-corrected chi connectivity index (χ2v) is 10.1. The minimum absolute atomic E-state index is 0.0430. The third kappa shape index (κ3) is 4.51. The van der Waals surface area contributed by atoms with E-state index in [1.165, 1.54) is 16.8 Å². The van der Waals surface area contributed by atoms with Crippen LogP contribution in [0.15, 0.2) is 64.3 Å². The smallest absolute Gasteiger partial charge is 0.283 e. The van der Waals surface area contributed by atoms with Crippen LogP contribution < -0.4 is 4.74 Å². The van der Waals surface area contributed by atoms with Crippen LogP contribution in [0, 0.1) is 18.3 Å². The molecule has 0 saturated heterocycles. The minimum Gasteiger partial charge on any atom is -0.492 e. The molecule has 1 aromatic heterocycles. The normalized spacial score (nSPS) is 16.8. The van der Waals surface area contributed by atoms with Crippen LogP contribution in [0.25, 0.3) is 17.0 Å². The lowest BCUT2D eigenvalue weighted by Gasteiger charge is -2.20. The molecule has 2 aliphatic rings. The largest absolute Gasteiger partial charge is 0.492 e. The maximum Gasteiger partial charge on any atom is 0.283 e. The number of halogens is 1. The molecule has 1 amide bonds. The molecule has 0 spiro atoms. The van der Waals surface area contributed by atoms with Gasteiger partial charge >= 0.3 is 0 Å². The SMILES string of the molecule is Cc1cc(OCCn2cc(/C=C3\C(=N)N4N=C(C(C)C)SC4=NC3=O)c3ccccc32)ccc1Cl. The van der Waals surface area contributed by atoms with Crippen LogP contribution in [0.2, 0.25) is 5.02 Å². The van der Waals surface area contributed by atoms with Crippen molar-refractivity contribution in [1.29, 1.82) is 5.41 Å². The molecule has 1 N–H and O–H groups in total. The number of hydrogen-bond acceptors (Lipinski definition) is 5. The standard InChI is InChI=1S/C26H24ClN5O2S/c1-15(2)25-30-32-23(28)20(24(33)29-26(32)35-25)13-17-14-31(22-7-5-4-6-19(17)22)10-11-34-18-8-9-21(27)16(3)12-18/h4-9,12-15,28H,10-11H2,1-3H3/b20-13+,28-23?. The molecule has 0 fully saturated rings. The number of amidine groups is 2. The Kier molecular flexibility index (Phi) is 6.25. The van der Waals surface area contributed by atoms with E-state index in [0.717, 1.165) is 32.8 Å². The summed E-state index contributed by atoms with van der Waals surface area (Å²) in [6.45, 7) is 7.08. The first kappa shape index (κ1) is 23.4. The fourth-order valence-corrected chi connectivity index (χ4v) is 4.95. The van der Waals surface area contributed by atoms with E-state index in [9.17, 15) is 4.79 Å². The zero-order valence-corrected chi connectivity index (χ0v) is 21.2. The van der Waals surface area contributed by atoms with E-state index in [-0.39, 0.29) is 17.3 Å². The molecule has 5 rings (SSSR count). The Balaban J connectivity index is 1.42. The molecule has 3 heterocycles. The number of rotatable bonds is 6. The number of ether oxygens (including phenoxy) is 1. The fraction of sp³-hybridized carbons (Fsp3) is 0.231. The number of nitrogens with one attached hydrogen (secondary N) is 1. The first-order chi connectivity index (χ1) is 16.8. The Morgan fingerprint density at radius 2 is 2.03 bits per heavy atom. The average molecular weight is 506 g/mol. The maximum atomic E-state index is 12.8. The van der Waals surface area contributed by atoms with E-state index in [1.807, 2.05) is 69.4 Å². The van der Waals surface area contributed by atoms with Crippen molar-refractivity contribution in [3.8, 4) is 5.75 Å². The van der Waals surface area contributed by atoms with Crippen LogP contribution in [-0.2, 0) is 11.3 Å². The van der Waals surface area contributed by atoms with Gasteiger partial charge in [-0.15, -0.1) is 0 Å². The van der Waals surface area contributed by atoms with E-state index >= 15 is 0 Å². The summed E-state index contributed by atoms with van der Waals surface area (Å²) in [7, 11) is 0. The van der Waals surface area contributed by atoms with Crippen molar-refractivity contribution in [2.45, 2.75) is 27.3 Å². The van der Waals surface area contributed by atoms with Gasteiger partial charge in [-0.2, -0.15) is 15.1 Å². The number of carbonyl (C=O) groups is 1. The number of aliphatic imine (C=N–C) groups is 1. The lowest BCUT2D eigenvalue weighted by molar-refractivity contribution is -0.114. The van der Waals surface area contributed by atoms with E-state index < -0.39 is 5.91 Å². The third-order valence-electron chi connectivity index (χ3n) is 5.81. The van der Waals surface area contributed by atoms with Crippen molar-refractivity contribution in [1.82, 2.24) is 9.58 Å². The van der Waals surface area contributed by atoms with Gasteiger partial charge in [0.05, 0.1) is 12.1 Å². The zero-order valence-electron chi connectivity index (χ0n) is 19.6. The lowest BCUT2D eigenvalue weighted by Crippen LogP contribution is -2.35. The second-order valence-electron chi connectivity index (χ2n) is 8.67. The molecule has 0 atom stereocenters. The first-order valence-corrected chi connectivity index (χ1v) is 12.5. The molecule has 0 aliphatic carbocycles. The molecule has 0 radical (unpaired) electrons.